The summed E-state index contributed by atoms with van der Waals surface area (Å²) in [6, 6.07) is 13.1. The van der Waals surface area contributed by atoms with Crippen LogP contribution in [0.5, 0.6) is 0 Å². The lowest BCUT2D eigenvalue weighted by atomic mass is 10.1. The van der Waals surface area contributed by atoms with Gasteiger partial charge in [-0.3, -0.25) is 0 Å². The molecule has 0 bridgehead atoms. The number of thiophene rings is 1. The molecular formula is C16H21NS. The van der Waals surface area contributed by atoms with Crippen molar-refractivity contribution < 1.29 is 0 Å². The third-order valence-corrected chi connectivity index (χ3v) is 4.43. The zero-order valence-corrected chi connectivity index (χ0v) is 12.0. The largest absolute Gasteiger partial charge is 0.312 e. The fraction of sp³-hybridized carbons (Fsp3) is 0.375. The van der Waals surface area contributed by atoms with Gasteiger partial charge in [-0.25, -0.2) is 0 Å². The van der Waals surface area contributed by atoms with Crippen molar-refractivity contribution in [2.45, 2.75) is 33.2 Å². The van der Waals surface area contributed by atoms with Gasteiger partial charge in [0.2, 0.25) is 0 Å². The first-order valence-electron chi connectivity index (χ1n) is 6.62. The first-order valence-corrected chi connectivity index (χ1v) is 7.44. The summed E-state index contributed by atoms with van der Waals surface area (Å²) in [7, 11) is 0. The van der Waals surface area contributed by atoms with Crippen LogP contribution in [0, 0.1) is 6.92 Å². The summed E-state index contributed by atoms with van der Waals surface area (Å²) in [6.07, 6.45) is 2.26. The Morgan fingerprint density at radius 3 is 2.56 bits per heavy atom. The highest BCUT2D eigenvalue weighted by atomic mass is 32.1. The van der Waals surface area contributed by atoms with E-state index in [2.05, 4.69) is 55.6 Å². The molecule has 0 saturated heterocycles. The molecule has 0 spiro atoms. The predicted molar refractivity (Wildman–Crippen MR) is 80.3 cm³/mol. The Kier molecular flexibility index (Phi) is 4.97. The Labute approximate surface area is 114 Å². The highest BCUT2D eigenvalue weighted by Gasteiger charge is 1.99. The monoisotopic (exact) mass is 259 g/mol. The third kappa shape index (κ3) is 3.69. The van der Waals surface area contributed by atoms with Gasteiger partial charge >= 0.3 is 0 Å². The standard InChI is InChI=1S/C16H21NS/c1-3-15-8-9-16(18-15)12-17-11-10-14-7-5-4-6-13(14)2/h4-9,17H,3,10-12H2,1-2H3. The summed E-state index contributed by atoms with van der Waals surface area (Å²) in [4.78, 5) is 2.92. The average Bonchev–Trinajstić information content (AvgIpc) is 2.84. The topological polar surface area (TPSA) is 12.0 Å². The van der Waals surface area contributed by atoms with Gasteiger partial charge in [0.25, 0.3) is 0 Å². The summed E-state index contributed by atoms with van der Waals surface area (Å²) in [6.45, 7) is 6.43. The van der Waals surface area contributed by atoms with Gasteiger partial charge in [-0.05, 0) is 49.6 Å². The predicted octanol–water partition coefficient (Wildman–Crippen LogP) is 3.95. The molecule has 0 saturated carbocycles. The van der Waals surface area contributed by atoms with Crippen molar-refractivity contribution in [3.63, 3.8) is 0 Å². The molecule has 2 heteroatoms. The van der Waals surface area contributed by atoms with Crippen LogP contribution in [-0.4, -0.2) is 6.54 Å². The number of hydrogen-bond acceptors (Lipinski definition) is 2. The molecule has 1 aromatic carbocycles. The van der Waals surface area contributed by atoms with Gasteiger partial charge in [0.15, 0.2) is 0 Å². The van der Waals surface area contributed by atoms with Crippen molar-refractivity contribution in [3.05, 3.63) is 57.3 Å². The summed E-state index contributed by atoms with van der Waals surface area (Å²) < 4.78 is 0. The molecule has 0 atom stereocenters. The quantitative estimate of drug-likeness (QED) is 0.775. The van der Waals surface area contributed by atoms with Gasteiger partial charge in [-0.2, -0.15) is 0 Å². The smallest absolute Gasteiger partial charge is 0.0299 e. The van der Waals surface area contributed by atoms with Crippen LogP contribution in [-0.2, 0) is 19.4 Å². The van der Waals surface area contributed by atoms with Crippen LogP contribution >= 0.6 is 11.3 Å². The van der Waals surface area contributed by atoms with E-state index < -0.39 is 0 Å². The molecule has 0 unspecified atom stereocenters. The van der Waals surface area contributed by atoms with E-state index in [1.54, 1.807) is 0 Å². The van der Waals surface area contributed by atoms with E-state index >= 15 is 0 Å². The lowest BCUT2D eigenvalue weighted by Gasteiger charge is -2.06. The fourth-order valence-electron chi connectivity index (χ4n) is 2.03. The minimum Gasteiger partial charge on any atom is -0.312 e. The molecule has 0 aliphatic rings. The number of aryl methyl sites for hydroxylation is 2. The van der Waals surface area contributed by atoms with Crippen LogP contribution in [0.3, 0.4) is 0 Å². The Morgan fingerprint density at radius 2 is 1.83 bits per heavy atom. The highest BCUT2D eigenvalue weighted by molar-refractivity contribution is 7.11. The lowest BCUT2D eigenvalue weighted by molar-refractivity contribution is 0.692. The van der Waals surface area contributed by atoms with E-state index in [9.17, 15) is 0 Å². The van der Waals surface area contributed by atoms with E-state index in [0.29, 0.717) is 0 Å². The van der Waals surface area contributed by atoms with Gasteiger partial charge < -0.3 is 5.32 Å². The Balaban J connectivity index is 1.74. The zero-order valence-electron chi connectivity index (χ0n) is 11.2. The van der Waals surface area contributed by atoms with Crippen LogP contribution in [0.25, 0.3) is 0 Å². The van der Waals surface area contributed by atoms with Crippen LogP contribution in [0.4, 0.5) is 0 Å². The summed E-state index contributed by atoms with van der Waals surface area (Å²) in [5.41, 5.74) is 2.84. The van der Waals surface area contributed by atoms with E-state index in [0.717, 1.165) is 25.9 Å². The molecule has 1 aromatic heterocycles. The second-order valence-corrected chi connectivity index (χ2v) is 5.83. The maximum Gasteiger partial charge on any atom is 0.0299 e. The number of nitrogens with one attached hydrogen (secondary N) is 1. The molecule has 1 nitrogen and oxygen atoms in total. The summed E-state index contributed by atoms with van der Waals surface area (Å²) >= 11 is 1.92. The summed E-state index contributed by atoms with van der Waals surface area (Å²) in [5.74, 6) is 0. The molecule has 1 heterocycles. The minimum atomic E-state index is 0.997. The SMILES string of the molecule is CCc1ccc(CNCCc2ccccc2C)s1. The zero-order chi connectivity index (χ0) is 12.8. The van der Waals surface area contributed by atoms with Crippen molar-refractivity contribution in [2.75, 3.05) is 6.54 Å². The average molecular weight is 259 g/mol. The Bertz CT molecular complexity index is 487. The second kappa shape index (κ2) is 6.72. The Hall–Kier alpha value is -1.12. The minimum absolute atomic E-state index is 0.997. The molecule has 96 valence electrons. The molecule has 0 amide bonds. The van der Waals surface area contributed by atoms with Gasteiger partial charge in [0.1, 0.15) is 0 Å². The lowest BCUT2D eigenvalue weighted by Crippen LogP contribution is -2.16. The van der Waals surface area contributed by atoms with Crippen molar-refractivity contribution in [1.82, 2.24) is 5.32 Å². The Morgan fingerprint density at radius 1 is 1.06 bits per heavy atom. The fourth-order valence-corrected chi connectivity index (χ4v) is 2.96. The van der Waals surface area contributed by atoms with E-state index in [4.69, 9.17) is 0 Å². The van der Waals surface area contributed by atoms with Crippen molar-refractivity contribution in [2.24, 2.45) is 0 Å². The van der Waals surface area contributed by atoms with Gasteiger partial charge in [0, 0.05) is 16.3 Å². The van der Waals surface area contributed by atoms with Crippen LogP contribution in [0.15, 0.2) is 36.4 Å². The maximum absolute atomic E-state index is 3.53. The number of rotatable bonds is 6. The molecule has 2 rings (SSSR count). The van der Waals surface area contributed by atoms with Crippen molar-refractivity contribution >= 4 is 11.3 Å². The molecule has 0 radical (unpaired) electrons. The van der Waals surface area contributed by atoms with Crippen molar-refractivity contribution in [1.29, 1.82) is 0 Å². The molecule has 0 aliphatic heterocycles. The first-order chi connectivity index (χ1) is 8.79. The molecule has 1 N–H and O–H groups in total. The first kappa shape index (κ1) is 13.3. The van der Waals surface area contributed by atoms with Gasteiger partial charge in [-0.15, -0.1) is 11.3 Å². The molecule has 0 fully saturated rings. The molecule has 0 aliphatic carbocycles. The van der Waals surface area contributed by atoms with Crippen LogP contribution in [0.1, 0.15) is 27.8 Å². The maximum atomic E-state index is 3.53. The molecular weight excluding hydrogens is 238 g/mol. The van der Waals surface area contributed by atoms with Gasteiger partial charge in [-0.1, -0.05) is 31.2 Å². The highest BCUT2D eigenvalue weighted by Crippen LogP contribution is 2.16. The summed E-state index contributed by atoms with van der Waals surface area (Å²) in [5, 5.41) is 3.53. The molecule has 2 aromatic rings. The van der Waals surface area contributed by atoms with E-state index in [1.807, 2.05) is 11.3 Å². The number of hydrogen-bond donors (Lipinski definition) is 1. The van der Waals surface area contributed by atoms with Crippen LogP contribution in [0.2, 0.25) is 0 Å². The second-order valence-electron chi connectivity index (χ2n) is 4.57. The normalized spacial score (nSPS) is 10.8. The third-order valence-electron chi connectivity index (χ3n) is 3.20. The molecule has 18 heavy (non-hydrogen) atoms. The van der Waals surface area contributed by atoms with E-state index in [-0.39, 0.29) is 0 Å². The van der Waals surface area contributed by atoms with E-state index in [1.165, 1.54) is 20.9 Å². The van der Waals surface area contributed by atoms with Crippen molar-refractivity contribution in [3.8, 4) is 0 Å². The van der Waals surface area contributed by atoms with Crippen LogP contribution < -0.4 is 5.32 Å². The van der Waals surface area contributed by atoms with Gasteiger partial charge in [0.05, 0.1) is 0 Å². The number of benzene rings is 1.